The second-order valence-electron chi connectivity index (χ2n) is 6.54. The normalized spacial score (nSPS) is 11.6. The Kier molecular flexibility index (Phi) is 3.81. The van der Waals surface area contributed by atoms with Crippen molar-refractivity contribution in [2.45, 2.75) is 20.8 Å². The van der Waals surface area contributed by atoms with Crippen LogP contribution >= 0.6 is 0 Å². The number of hydrogen-bond donors (Lipinski definition) is 0. The van der Waals surface area contributed by atoms with Crippen molar-refractivity contribution in [3.8, 4) is 0 Å². The molecule has 0 spiro atoms. The number of rotatable bonds is 2. The van der Waals surface area contributed by atoms with Gasteiger partial charge in [-0.3, -0.25) is 0 Å². The second kappa shape index (κ2) is 6.14. The van der Waals surface area contributed by atoms with E-state index in [0.717, 1.165) is 27.9 Å². The van der Waals surface area contributed by atoms with Crippen molar-refractivity contribution in [1.29, 1.82) is 0 Å². The number of aryl methyl sites for hydroxylation is 3. The van der Waals surface area contributed by atoms with E-state index in [4.69, 9.17) is 0 Å². The minimum atomic E-state index is 0.919. The Morgan fingerprint density at radius 2 is 1.28 bits per heavy atom. The van der Waals surface area contributed by atoms with Gasteiger partial charge in [-0.25, -0.2) is 0 Å². The molecule has 0 aliphatic heterocycles. The minimum absolute atomic E-state index is 0.919. The molecule has 0 aliphatic carbocycles. The van der Waals surface area contributed by atoms with Gasteiger partial charge >= 0.3 is 0 Å². The minimum Gasteiger partial charge on any atom is -0.150 e. The summed E-state index contributed by atoms with van der Waals surface area (Å²) in [5.74, 6) is 0. The van der Waals surface area contributed by atoms with Gasteiger partial charge in [0.1, 0.15) is 0 Å². The molecule has 0 aromatic heterocycles. The molecule has 2 heteroatoms. The number of hydrogen-bond acceptors (Lipinski definition) is 2. The van der Waals surface area contributed by atoms with Crippen LogP contribution in [0.15, 0.2) is 77.0 Å². The second-order valence-corrected chi connectivity index (χ2v) is 6.54. The smallest absolute Gasteiger partial charge is 0.0964 e. The zero-order valence-corrected chi connectivity index (χ0v) is 14.7. The van der Waals surface area contributed by atoms with Crippen LogP contribution in [0.25, 0.3) is 21.5 Å². The Labute approximate surface area is 147 Å². The predicted octanol–water partition coefficient (Wildman–Crippen LogP) is 7.33. The van der Waals surface area contributed by atoms with Gasteiger partial charge in [-0.05, 0) is 59.7 Å². The maximum absolute atomic E-state index is 4.64. The van der Waals surface area contributed by atoms with E-state index < -0.39 is 0 Å². The fourth-order valence-corrected chi connectivity index (χ4v) is 3.48. The lowest BCUT2D eigenvalue weighted by atomic mass is 10.0. The first-order valence-corrected chi connectivity index (χ1v) is 8.54. The van der Waals surface area contributed by atoms with Crippen LogP contribution in [0.2, 0.25) is 0 Å². The molecule has 4 aromatic rings. The topological polar surface area (TPSA) is 24.7 Å². The summed E-state index contributed by atoms with van der Waals surface area (Å²) in [5.41, 5.74) is 5.46. The van der Waals surface area contributed by atoms with Crippen LogP contribution in [0.4, 0.5) is 11.4 Å². The van der Waals surface area contributed by atoms with Crippen molar-refractivity contribution in [2.75, 3.05) is 0 Å². The van der Waals surface area contributed by atoms with Gasteiger partial charge in [0.2, 0.25) is 0 Å². The van der Waals surface area contributed by atoms with Gasteiger partial charge in [-0.2, -0.15) is 5.11 Å². The molecular formula is C23H20N2. The molecule has 2 nitrogen and oxygen atoms in total. The van der Waals surface area contributed by atoms with E-state index in [1.807, 2.05) is 6.07 Å². The molecule has 0 atom stereocenters. The fraction of sp³-hybridized carbons (Fsp3) is 0.130. The summed E-state index contributed by atoms with van der Waals surface area (Å²) in [7, 11) is 0. The van der Waals surface area contributed by atoms with Crippen LogP contribution in [-0.2, 0) is 0 Å². The van der Waals surface area contributed by atoms with Crippen molar-refractivity contribution in [3.05, 3.63) is 83.4 Å². The van der Waals surface area contributed by atoms with E-state index in [9.17, 15) is 0 Å². The van der Waals surface area contributed by atoms with Crippen molar-refractivity contribution in [2.24, 2.45) is 10.2 Å². The van der Waals surface area contributed by atoms with Gasteiger partial charge in [-0.1, -0.05) is 60.7 Å². The summed E-state index contributed by atoms with van der Waals surface area (Å²) in [6, 6.07) is 23.1. The maximum atomic E-state index is 4.64. The fourth-order valence-electron chi connectivity index (χ4n) is 3.48. The molecule has 122 valence electrons. The Morgan fingerprint density at radius 1 is 0.600 bits per heavy atom. The van der Waals surface area contributed by atoms with Crippen LogP contribution in [-0.4, -0.2) is 0 Å². The maximum Gasteiger partial charge on any atom is 0.0964 e. The van der Waals surface area contributed by atoms with Crippen LogP contribution in [0.3, 0.4) is 0 Å². The summed E-state index contributed by atoms with van der Waals surface area (Å²) in [6.45, 7) is 6.35. The van der Waals surface area contributed by atoms with Gasteiger partial charge in [0.25, 0.3) is 0 Å². The van der Waals surface area contributed by atoms with Gasteiger partial charge in [-0.15, -0.1) is 5.11 Å². The first-order chi connectivity index (χ1) is 12.1. The highest BCUT2D eigenvalue weighted by Crippen LogP contribution is 2.34. The Hall–Kier alpha value is -3.00. The van der Waals surface area contributed by atoms with E-state index >= 15 is 0 Å². The van der Waals surface area contributed by atoms with E-state index in [1.165, 1.54) is 21.7 Å². The van der Waals surface area contributed by atoms with Crippen molar-refractivity contribution >= 4 is 32.9 Å². The molecule has 4 rings (SSSR count). The van der Waals surface area contributed by atoms with E-state index in [1.54, 1.807) is 0 Å². The lowest BCUT2D eigenvalue weighted by Gasteiger charge is -2.09. The molecule has 0 saturated carbocycles. The van der Waals surface area contributed by atoms with Crippen LogP contribution in [0.1, 0.15) is 16.7 Å². The lowest BCUT2D eigenvalue weighted by Crippen LogP contribution is -1.84. The molecule has 0 heterocycles. The van der Waals surface area contributed by atoms with Crippen molar-refractivity contribution < 1.29 is 0 Å². The highest BCUT2D eigenvalue weighted by Gasteiger charge is 2.08. The summed E-state index contributed by atoms with van der Waals surface area (Å²) in [4.78, 5) is 0. The highest BCUT2D eigenvalue weighted by molar-refractivity contribution is 5.96. The molecule has 25 heavy (non-hydrogen) atoms. The standard InChI is InChI=1S/C23H20N2/c1-15-14-16(2)23(21-11-7-6-9-19(15)21)25-24-22-13-12-18-8-4-5-10-20(18)17(22)3/h4-14H,1-3H3/b25-24+. The molecule has 0 unspecified atom stereocenters. The van der Waals surface area contributed by atoms with E-state index in [2.05, 4.69) is 91.7 Å². The lowest BCUT2D eigenvalue weighted by molar-refractivity contribution is 1.21. The summed E-state index contributed by atoms with van der Waals surface area (Å²) in [5, 5.41) is 14.1. The first kappa shape index (κ1) is 15.5. The predicted molar refractivity (Wildman–Crippen MR) is 106 cm³/mol. The number of fused-ring (bicyclic) bond motifs is 2. The third-order valence-electron chi connectivity index (χ3n) is 4.84. The van der Waals surface area contributed by atoms with Crippen LogP contribution in [0.5, 0.6) is 0 Å². The van der Waals surface area contributed by atoms with Crippen LogP contribution < -0.4 is 0 Å². The van der Waals surface area contributed by atoms with Crippen molar-refractivity contribution in [1.82, 2.24) is 0 Å². The van der Waals surface area contributed by atoms with Crippen LogP contribution in [0, 0.1) is 20.8 Å². The summed E-state index contributed by atoms with van der Waals surface area (Å²) >= 11 is 0. The van der Waals surface area contributed by atoms with E-state index in [-0.39, 0.29) is 0 Å². The Morgan fingerprint density at radius 3 is 2.08 bits per heavy atom. The average molecular weight is 324 g/mol. The number of nitrogens with zero attached hydrogens (tertiary/aromatic N) is 2. The molecule has 0 fully saturated rings. The van der Waals surface area contributed by atoms with E-state index in [0.29, 0.717) is 0 Å². The molecule has 0 N–H and O–H groups in total. The number of azo groups is 1. The third kappa shape index (κ3) is 2.70. The Balaban J connectivity index is 1.86. The zero-order valence-electron chi connectivity index (χ0n) is 14.7. The molecule has 0 aliphatic rings. The summed E-state index contributed by atoms with van der Waals surface area (Å²) in [6.07, 6.45) is 0. The largest absolute Gasteiger partial charge is 0.150 e. The quantitative estimate of drug-likeness (QED) is 0.345. The summed E-state index contributed by atoms with van der Waals surface area (Å²) < 4.78 is 0. The molecule has 4 aromatic carbocycles. The molecule has 0 amide bonds. The molecule has 0 radical (unpaired) electrons. The number of benzene rings is 4. The first-order valence-electron chi connectivity index (χ1n) is 8.54. The molecular weight excluding hydrogens is 304 g/mol. The highest BCUT2D eigenvalue weighted by atomic mass is 15.1. The average Bonchev–Trinajstić information content (AvgIpc) is 2.63. The SMILES string of the molecule is Cc1cc(C)c2ccccc2c1/N=N/c1ccc2ccccc2c1C. The zero-order chi connectivity index (χ0) is 17.4. The van der Waals surface area contributed by atoms with Gasteiger partial charge in [0.15, 0.2) is 0 Å². The van der Waals surface area contributed by atoms with Gasteiger partial charge < -0.3 is 0 Å². The molecule has 0 saturated heterocycles. The van der Waals surface area contributed by atoms with Crippen molar-refractivity contribution in [3.63, 3.8) is 0 Å². The molecule has 0 bridgehead atoms. The van der Waals surface area contributed by atoms with Gasteiger partial charge in [0.05, 0.1) is 11.4 Å². The Bertz CT molecular complexity index is 1120. The van der Waals surface area contributed by atoms with Gasteiger partial charge in [0, 0.05) is 5.39 Å². The third-order valence-corrected chi connectivity index (χ3v) is 4.84. The monoisotopic (exact) mass is 324 g/mol.